The number of hydrogen-bond acceptors (Lipinski definition) is 5. The monoisotopic (exact) mass is 291 g/mol. The van der Waals surface area contributed by atoms with Crippen LogP contribution in [0.25, 0.3) is 6.08 Å². The van der Waals surface area contributed by atoms with E-state index in [-0.39, 0.29) is 28.7 Å². The van der Waals surface area contributed by atoms with Gasteiger partial charge in [-0.2, -0.15) is 10.5 Å². The van der Waals surface area contributed by atoms with Gasteiger partial charge in [0.2, 0.25) is 0 Å². The van der Waals surface area contributed by atoms with Crippen molar-refractivity contribution in [2.75, 3.05) is 13.7 Å². The summed E-state index contributed by atoms with van der Waals surface area (Å²) in [4.78, 5) is 10.7. The van der Waals surface area contributed by atoms with E-state index in [1.165, 1.54) is 25.3 Å². The first kappa shape index (κ1) is 15.4. The summed E-state index contributed by atoms with van der Waals surface area (Å²) in [5, 5.41) is 17.6. The zero-order valence-electron chi connectivity index (χ0n) is 10.5. The number of carbonyl (C=O) groups excluding carboxylic acids is 1. The first-order valence-corrected chi connectivity index (χ1v) is 5.70. The summed E-state index contributed by atoms with van der Waals surface area (Å²) < 4.78 is 10.2. The van der Waals surface area contributed by atoms with Gasteiger partial charge in [-0.1, -0.05) is 11.6 Å². The summed E-state index contributed by atoms with van der Waals surface area (Å²) in [6, 6.07) is 6.48. The topological polar surface area (TPSA) is 109 Å². The normalized spacial score (nSPS) is 9.00. The zero-order valence-corrected chi connectivity index (χ0v) is 11.3. The second-order valence-electron chi connectivity index (χ2n) is 3.57. The third-order valence-electron chi connectivity index (χ3n) is 2.16. The van der Waals surface area contributed by atoms with E-state index in [0.29, 0.717) is 5.56 Å². The molecule has 0 saturated heterocycles. The molecule has 0 bridgehead atoms. The van der Waals surface area contributed by atoms with Crippen LogP contribution in [0.15, 0.2) is 17.7 Å². The number of primary amides is 1. The maximum Gasteiger partial charge on any atom is 0.255 e. The average Bonchev–Trinajstić information content (AvgIpc) is 2.42. The number of amides is 1. The lowest BCUT2D eigenvalue weighted by Crippen LogP contribution is -2.20. The highest BCUT2D eigenvalue weighted by Gasteiger charge is 2.12. The van der Waals surface area contributed by atoms with Crippen molar-refractivity contribution in [3.8, 4) is 23.6 Å². The number of nitrogens with zero attached hydrogens (tertiary/aromatic N) is 2. The summed E-state index contributed by atoms with van der Waals surface area (Å²) in [7, 11) is 1.39. The average molecular weight is 292 g/mol. The van der Waals surface area contributed by atoms with E-state index in [1.54, 1.807) is 12.1 Å². The van der Waals surface area contributed by atoms with Crippen LogP contribution >= 0.6 is 11.6 Å². The first-order chi connectivity index (χ1) is 9.51. The van der Waals surface area contributed by atoms with Crippen LogP contribution in [0.4, 0.5) is 0 Å². The molecule has 0 saturated carbocycles. The van der Waals surface area contributed by atoms with E-state index in [1.807, 2.05) is 0 Å². The van der Waals surface area contributed by atoms with E-state index in [0.717, 1.165) is 0 Å². The van der Waals surface area contributed by atoms with Crippen molar-refractivity contribution in [1.82, 2.24) is 0 Å². The molecule has 2 N–H and O–H groups in total. The smallest absolute Gasteiger partial charge is 0.255 e. The Balaban J connectivity index is 3.21. The quantitative estimate of drug-likeness (QED) is 0.829. The standard InChI is InChI=1S/C13H10ClN3O3/c1-19-11-4-8(2-9(5-15)6-16)3-10(14)13(11)20-7-12(17)18/h2-4H,7H2,1H3,(H2,17,18). The SMILES string of the molecule is COc1cc(C=C(C#N)C#N)cc(Cl)c1OCC(N)=O. The Morgan fingerprint density at radius 2 is 2.10 bits per heavy atom. The van der Waals surface area contributed by atoms with E-state index in [4.69, 9.17) is 37.3 Å². The maximum absolute atomic E-state index is 10.7. The number of allylic oxidation sites excluding steroid dienone is 1. The summed E-state index contributed by atoms with van der Waals surface area (Å²) in [6.07, 6.45) is 1.35. The Kier molecular flexibility index (Phi) is 5.40. The molecule has 0 aliphatic rings. The number of hydrogen-bond donors (Lipinski definition) is 1. The van der Waals surface area contributed by atoms with Gasteiger partial charge >= 0.3 is 0 Å². The fraction of sp³-hybridized carbons (Fsp3) is 0.154. The predicted octanol–water partition coefficient (Wildman–Crippen LogP) is 1.64. The van der Waals surface area contributed by atoms with Crippen molar-refractivity contribution in [1.29, 1.82) is 10.5 Å². The molecule has 102 valence electrons. The molecule has 1 rings (SSSR count). The molecule has 0 fully saturated rings. The predicted molar refractivity (Wildman–Crippen MR) is 71.9 cm³/mol. The highest BCUT2D eigenvalue weighted by Crippen LogP contribution is 2.36. The van der Waals surface area contributed by atoms with Crippen molar-refractivity contribution < 1.29 is 14.3 Å². The second kappa shape index (κ2) is 7.03. The number of benzene rings is 1. The molecule has 0 unspecified atom stereocenters. The van der Waals surface area contributed by atoms with Gasteiger partial charge in [0.1, 0.15) is 17.7 Å². The molecule has 6 nitrogen and oxygen atoms in total. The Labute approximate surface area is 120 Å². The largest absolute Gasteiger partial charge is 0.493 e. The Morgan fingerprint density at radius 1 is 1.45 bits per heavy atom. The van der Waals surface area contributed by atoms with E-state index < -0.39 is 5.91 Å². The van der Waals surface area contributed by atoms with Crippen molar-refractivity contribution in [3.05, 3.63) is 28.3 Å². The number of nitrogens with two attached hydrogens (primary N) is 1. The van der Waals surface area contributed by atoms with Crippen LogP contribution < -0.4 is 15.2 Å². The van der Waals surface area contributed by atoms with Crippen molar-refractivity contribution >= 4 is 23.6 Å². The van der Waals surface area contributed by atoms with E-state index in [2.05, 4.69) is 0 Å². The fourth-order valence-corrected chi connectivity index (χ4v) is 1.64. The molecular weight excluding hydrogens is 282 g/mol. The van der Waals surface area contributed by atoms with Gasteiger partial charge in [-0.05, 0) is 23.8 Å². The first-order valence-electron chi connectivity index (χ1n) is 5.32. The Morgan fingerprint density at radius 3 is 2.60 bits per heavy atom. The number of ether oxygens (including phenoxy) is 2. The third-order valence-corrected chi connectivity index (χ3v) is 2.44. The van der Waals surface area contributed by atoms with Crippen LogP contribution in [-0.2, 0) is 4.79 Å². The third kappa shape index (κ3) is 3.91. The van der Waals surface area contributed by atoms with Crippen LogP contribution in [0.3, 0.4) is 0 Å². The summed E-state index contributed by atoms with van der Waals surface area (Å²) >= 11 is 6.01. The summed E-state index contributed by atoms with van der Waals surface area (Å²) in [6.45, 7) is -0.340. The number of methoxy groups -OCH3 is 1. The van der Waals surface area contributed by atoms with Crippen molar-refractivity contribution in [2.45, 2.75) is 0 Å². The van der Waals surface area contributed by atoms with Crippen molar-refractivity contribution in [2.24, 2.45) is 5.73 Å². The number of nitriles is 2. The van der Waals surface area contributed by atoms with Gasteiger partial charge in [0.25, 0.3) is 5.91 Å². The highest BCUT2D eigenvalue weighted by atomic mass is 35.5. The van der Waals surface area contributed by atoms with Gasteiger partial charge in [-0.25, -0.2) is 0 Å². The highest BCUT2D eigenvalue weighted by molar-refractivity contribution is 6.32. The summed E-state index contributed by atoms with van der Waals surface area (Å²) in [5.74, 6) is -0.218. The van der Waals surface area contributed by atoms with Crippen LogP contribution in [0.1, 0.15) is 5.56 Å². The van der Waals surface area contributed by atoms with Gasteiger partial charge in [0, 0.05) is 0 Å². The molecule has 0 spiro atoms. The molecule has 20 heavy (non-hydrogen) atoms. The fourth-order valence-electron chi connectivity index (χ4n) is 1.36. The molecule has 1 aromatic rings. The van der Waals surface area contributed by atoms with Gasteiger partial charge in [-0.3, -0.25) is 4.79 Å². The van der Waals surface area contributed by atoms with E-state index in [9.17, 15) is 4.79 Å². The second-order valence-corrected chi connectivity index (χ2v) is 3.98. The van der Waals surface area contributed by atoms with Crippen LogP contribution in [0, 0.1) is 22.7 Å². The van der Waals surface area contributed by atoms with Gasteiger partial charge in [-0.15, -0.1) is 0 Å². The molecule has 7 heteroatoms. The van der Waals surface area contributed by atoms with Crippen LogP contribution in [0.2, 0.25) is 5.02 Å². The number of rotatable bonds is 5. The van der Waals surface area contributed by atoms with Gasteiger partial charge in [0.15, 0.2) is 18.1 Å². The molecule has 0 atom stereocenters. The van der Waals surface area contributed by atoms with Crippen molar-refractivity contribution in [3.63, 3.8) is 0 Å². The minimum Gasteiger partial charge on any atom is -0.493 e. The minimum atomic E-state index is -0.650. The lowest BCUT2D eigenvalue weighted by atomic mass is 10.1. The maximum atomic E-state index is 10.7. The van der Waals surface area contributed by atoms with Crippen LogP contribution in [-0.4, -0.2) is 19.6 Å². The molecular formula is C13H10ClN3O3. The van der Waals surface area contributed by atoms with Crippen LogP contribution in [0.5, 0.6) is 11.5 Å². The molecule has 1 amide bonds. The molecule has 0 heterocycles. The Hall–Kier alpha value is -2.70. The summed E-state index contributed by atoms with van der Waals surface area (Å²) in [5.41, 5.74) is 5.41. The zero-order chi connectivity index (χ0) is 15.1. The lowest BCUT2D eigenvalue weighted by Gasteiger charge is -2.12. The molecule has 0 aliphatic heterocycles. The number of halogens is 1. The Bertz CT molecular complexity index is 625. The van der Waals surface area contributed by atoms with E-state index >= 15 is 0 Å². The molecule has 0 aromatic heterocycles. The van der Waals surface area contributed by atoms with Gasteiger partial charge < -0.3 is 15.2 Å². The molecule has 0 radical (unpaired) electrons. The molecule has 1 aromatic carbocycles. The minimum absolute atomic E-state index is 0.0751. The van der Waals surface area contributed by atoms with Gasteiger partial charge in [0.05, 0.1) is 12.1 Å². The number of carbonyl (C=O) groups is 1. The lowest BCUT2D eigenvalue weighted by molar-refractivity contribution is -0.119. The molecule has 0 aliphatic carbocycles.